The molecule has 0 aliphatic heterocycles. The molecule has 0 fully saturated rings. The van der Waals surface area contributed by atoms with Crippen LogP contribution in [0.25, 0.3) is 0 Å². The number of hydrogen-bond donors (Lipinski definition) is 1. The van der Waals surface area contributed by atoms with Gasteiger partial charge in [0.2, 0.25) is 0 Å². The third-order valence-corrected chi connectivity index (χ3v) is 3.12. The number of carbonyl (C=O) groups excluding carboxylic acids is 1. The van der Waals surface area contributed by atoms with Crippen molar-refractivity contribution in [3.05, 3.63) is 34.3 Å². The molecule has 1 aromatic carbocycles. The largest absolute Gasteiger partial charge is 0.466 e. The van der Waals surface area contributed by atoms with Gasteiger partial charge in [-0.3, -0.25) is 4.79 Å². The van der Waals surface area contributed by atoms with Gasteiger partial charge >= 0.3 is 5.97 Å². The number of aliphatic hydroxyl groups is 1. The second-order valence-electron chi connectivity index (χ2n) is 4.09. The first-order valence-electron chi connectivity index (χ1n) is 5.60. The molecule has 1 N–H and O–H groups in total. The van der Waals surface area contributed by atoms with E-state index in [0.29, 0.717) is 13.0 Å². The zero-order chi connectivity index (χ0) is 12.9. The van der Waals surface area contributed by atoms with Crippen molar-refractivity contribution in [2.24, 2.45) is 0 Å². The number of esters is 1. The molecule has 0 heterocycles. The van der Waals surface area contributed by atoms with Gasteiger partial charge in [-0.15, -0.1) is 0 Å². The first kappa shape index (κ1) is 14.2. The summed E-state index contributed by atoms with van der Waals surface area (Å²) in [5, 5.41) is 10.3. The minimum atomic E-state index is -1.01. The van der Waals surface area contributed by atoms with Crippen molar-refractivity contribution in [1.29, 1.82) is 0 Å². The first-order chi connectivity index (χ1) is 7.95. The normalized spacial score (nSPS) is 14.1. The van der Waals surface area contributed by atoms with E-state index in [1.165, 1.54) is 0 Å². The van der Waals surface area contributed by atoms with Crippen LogP contribution in [0.5, 0.6) is 0 Å². The van der Waals surface area contributed by atoms with E-state index in [4.69, 9.17) is 4.74 Å². The maximum absolute atomic E-state index is 11.2. The Kier molecular flexibility index (Phi) is 5.15. The number of hydrogen-bond acceptors (Lipinski definition) is 3. The maximum atomic E-state index is 11.2. The summed E-state index contributed by atoms with van der Waals surface area (Å²) in [6.45, 7) is 3.85. The summed E-state index contributed by atoms with van der Waals surface area (Å²) in [5.74, 6) is -0.273. The average molecular weight is 301 g/mol. The lowest BCUT2D eigenvalue weighted by Gasteiger charge is -2.23. The molecule has 1 unspecified atom stereocenters. The van der Waals surface area contributed by atoms with Crippen LogP contribution < -0.4 is 0 Å². The van der Waals surface area contributed by atoms with Crippen molar-refractivity contribution in [2.75, 3.05) is 6.61 Å². The minimum Gasteiger partial charge on any atom is -0.466 e. The molecule has 1 atom stereocenters. The van der Waals surface area contributed by atoms with Gasteiger partial charge in [0.05, 0.1) is 12.2 Å². The van der Waals surface area contributed by atoms with Gasteiger partial charge in [0, 0.05) is 10.9 Å². The molecule has 0 bridgehead atoms. The number of ether oxygens (including phenoxy) is 1. The van der Waals surface area contributed by atoms with Crippen molar-refractivity contribution in [1.82, 2.24) is 0 Å². The summed E-state index contributed by atoms with van der Waals surface area (Å²) >= 11 is 3.34. The van der Waals surface area contributed by atoms with Crippen LogP contribution in [0, 0.1) is 0 Å². The van der Waals surface area contributed by atoms with E-state index in [1.807, 2.05) is 24.3 Å². The molecule has 0 spiro atoms. The second-order valence-corrected chi connectivity index (χ2v) is 5.00. The Morgan fingerprint density at radius 1 is 1.41 bits per heavy atom. The molecule has 94 valence electrons. The number of rotatable bonds is 5. The van der Waals surface area contributed by atoms with Crippen LogP contribution in [-0.4, -0.2) is 17.7 Å². The maximum Gasteiger partial charge on any atom is 0.305 e. The highest BCUT2D eigenvalue weighted by atomic mass is 79.9. The Bertz CT molecular complexity index is 371. The van der Waals surface area contributed by atoms with E-state index in [0.717, 1.165) is 10.0 Å². The van der Waals surface area contributed by atoms with Crippen molar-refractivity contribution >= 4 is 21.9 Å². The third-order valence-electron chi connectivity index (χ3n) is 2.59. The standard InChI is InChI=1S/C13H17BrO3/c1-3-17-12(15)8-9-13(2,16)10-4-6-11(14)7-5-10/h4-7,16H,3,8-9H2,1-2H3. The highest BCUT2D eigenvalue weighted by Crippen LogP contribution is 2.27. The summed E-state index contributed by atoms with van der Waals surface area (Å²) in [6.07, 6.45) is 0.574. The fourth-order valence-corrected chi connectivity index (χ4v) is 1.80. The van der Waals surface area contributed by atoms with Crippen molar-refractivity contribution < 1.29 is 14.6 Å². The van der Waals surface area contributed by atoms with Crippen LogP contribution in [0.2, 0.25) is 0 Å². The zero-order valence-corrected chi connectivity index (χ0v) is 11.7. The molecule has 17 heavy (non-hydrogen) atoms. The van der Waals surface area contributed by atoms with Gasteiger partial charge in [-0.05, 0) is 38.0 Å². The van der Waals surface area contributed by atoms with Crippen LogP contribution >= 0.6 is 15.9 Å². The van der Waals surface area contributed by atoms with Crippen LogP contribution in [0.1, 0.15) is 32.3 Å². The predicted octanol–water partition coefficient (Wildman–Crippen LogP) is 3.00. The topological polar surface area (TPSA) is 46.5 Å². The molecule has 0 radical (unpaired) electrons. The fourth-order valence-electron chi connectivity index (χ4n) is 1.53. The molecule has 0 aliphatic rings. The first-order valence-corrected chi connectivity index (χ1v) is 6.39. The Morgan fingerprint density at radius 3 is 2.53 bits per heavy atom. The SMILES string of the molecule is CCOC(=O)CCC(C)(O)c1ccc(Br)cc1. The molecule has 4 heteroatoms. The minimum absolute atomic E-state index is 0.219. The van der Waals surface area contributed by atoms with E-state index in [1.54, 1.807) is 13.8 Å². The lowest BCUT2D eigenvalue weighted by atomic mass is 9.91. The van der Waals surface area contributed by atoms with E-state index in [2.05, 4.69) is 15.9 Å². The van der Waals surface area contributed by atoms with Crippen LogP contribution in [0.4, 0.5) is 0 Å². The lowest BCUT2D eigenvalue weighted by molar-refractivity contribution is -0.144. The van der Waals surface area contributed by atoms with Crippen LogP contribution in [-0.2, 0) is 15.1 Å². The summed E-state index contributed by atoms with van der Waals surface area (Å²) in [7, 11) is 0. The molecule has 1 aromatic rings. The van der Waals surface area contributed by atoms with E-state index >= 15 is 0 Å². The molecule has 0 amide bonds. The highest BCUT2D eigenvalue weighted by Gasteiger charge is 2.24. The molecular formula is C13H17BrO3. The Morgan fingerprint density at radius 2 is 2.00 bits per heavy atom. The molecule has 0 aromatic heterocycles. The molecule has 0 saturated carbocycles. The van der Waals surface area contributed by atoms with Gasteiger partial charge in [-0.2, -0.15) is 0 Å². The summed E-state index contributed by atoms with van der Waals surface area (Å²) < 4.78 is 5.80. The van der Waals surface area contributed by atoms with Gasteiger partial charge in [0.1, 0.15) is 0 Å². The summed E-state index contributed by atoms with van der Waals surface area (Å²) in [5.41, 5.74) is -0.210. The second kappa shape index (κ2) is 6.17. The third kappa shape index (κ3) is 4.48. The molecule has 0 aliphatic carbocycles. The van der Waals surface area contributed by atoms with Gasteiger partial charge in [0.25, 0.3) is 0 Å². The Labute approximate surface area is 110 Å². The van der Waals surface area contributed by atoms with Crippen LogP contribution in [0.15, 0.2) is 28.7 Å². The zero-order valence-electron chi connectivity index (χ0n) is 10.1. The highest BCUT2D eigenvalue weighted by molar-refractivity contribution is 9.10. The molecule has 0 saturated heterocycles. The van der Waals surface area contributed by atoms with Gasteiger partial charge in [-0.25, -0.2) is 0 Å². The summed E-state index contributed by atoms with van der Waals surface area (Å²) in [6, 6.07) is 7.42. The van der Waals surface area contributed by atoms with E-state index < -0.39 is 5.60 Å². The van der Waals surface area contributed by atoms with Gasteiger partial charge in [-0.1, -0.05) is 28.1 Å². The molecule has 3 nitrogen and oxygen atoms in total. The molecular weight excluding hydrogens is 284 g/mol. The van der Waals surface area contributed by atoms with Crippen LogP contribution in [0.3, 0.4) is 0 Å². The Balaban J connectivity index is 2.61. The van der Waals surface area contributed by atoms with Gasteiger partial charge in [0.15, 0.2) is 0 Å². The van der Waals surface area contributed by atoms with Crippen molar-refractivity contribution in [3.63, 3.8) is 0 Å². The Hall–Kier alpha value is -0.870. The van der Waals surface area contributed by atoms with Crippen molar-refractivity contribution in [2.45, 2.75) is 32.3 Å². The predicted molar refractivity (Wildman–Crippen MR) is 69.6 cm³/mol. The van der Waals surface area contributed by atoms with E-state index in [9.17, 15) is 9.90 Å². The number of benzene rings is 1. The van der Waals surface area contributed by atoms with E-state index in [-0.39, 0.29) is 12.4 Å². The monoisotopic (exact) mass is 300 g/mol. The lowest BCUT2D eigenvalue weighted by Crippen LogP contribution is -2.22. The number of halogens is 1. The van der Waals surface area contributed by atoms with Crippen molar-refractivity contribution in [3.8, 4) is 0 Å². The summed E-state index contributed by atoms with van der Waals surface area (Å²) in [4.78, 5) is 11.2. The molecule has 1 rings (SSSR count). The quantitative estimate of drug-likeness (QED) is 0.850. The number of carbonyl (C=O) groups is 1. The fraction of sp³-hybridized carbons (Fsp3) is 0.462. The smallest absolute Gasteiger partial charge is 0.305 e. The van der Waals surface area contributed by atoms with Gasteiger partial charge < -0.3 is 9.84 Å². The average Bonchev–Trinajstić information content (AvgIpc) is 2.28.